The van der Waals surface area contributed by atoms with Gasteiger partial charge in [-0.2, -0.15) is 0 Å². The van der Waals surface area contributed by atoms with Crippen molar-refractivity contribution in [1.82, 2.24) is 15.3 Å². The van der Waals surface area contributed by atoms with E-state index in [1.165, 1.54) is 12.8 Å². The molecular formula is C14H19N3S. The van der Waals surface area contributed by atoms with Crippen LogP contribution in [0.1, 0.15) is 19.8 Å². The van der Waals surface area contributed by atoms with Gasteiger partial charge in [-0.1, -0.05) is 30.8 Å². The zero-order valence-electron chi connectivity index (χ0n) is 10.8. The van der Waals surface area contributed by atoms with Crippen molar-refractivity contribution in [1.29, 1.82) is 0 Å². The molecule has 1 aromatic heterocycles. The summed E-state index contributed by atoms with van der Waals surface area (Å²) in [6, 6.07) is 8.88. The van der Waals surface area contributed by atoms with Gasteiger partial charge in [-0.25, -0.2) is 4.98 Å². The molecule has 3 nitrogen and oxygen atoms in total. The van der Waals surface area contributed by atoms with Gasteiger partial charge in [-0.05, 0) is 37.9 Å². The van der Waals surface area contributed by atoms with Crippen LogP contribution in [0.5, 0.6) is 0 Å². The van der Waals surface area contributed by atoms with E-state index >= 15 is 0 Å². The minimum absolute atomic E-state index is 0.659. The number of nitrogens with zero attached hydrogens (tertiary/aromatic N) is 1. The summed E-state index contributed by atoms with van der Waals surface area (Å²) in [5, 5.41) is 5.14. The molecular weight excluding hydrogens is 242 g/mol. The second-order valence-corrected chi connectivity index (χ2v) is 6.27. The minimum atomic E-state index is 0.659. The van der Waals surface area contributed by atoms with Crippen LogP contribution in [0.15, 0.2) is 29.4 Å². The number of benzene rings is 1. The maximum absolute atomic E-state index is 4.65. The van der Waals surface area contributed by atoms with E-state index in [0.29, 0.717) is 17.2 Å². The molecule has 0 saturated heterocycles. The third-order valence-corrected chi connectivity index (χ3v) is 5.37. The number of para-hydroxylation sites is 2. The molecule has 1 aromatic carbocycles. The van der Waals surface area contributed by atoms with Gasteiger partial charge in [-0.15, -0.1) is 0 Å². The molecule has 2 N–H and O–H groups in total. The summed E-state index contributed by atoms with van der Waals surface area (Å²) in [7, 11) is 2.06. The van der Waals surface area contributed by atoms with Crippen LogP contribution in [0.4, 0.5) is 0 Å². The minimum Gasteiger partial charge on any atom is -0.333 e. The Morgan fingerprint density at radius 1 is 1.33 bits per heavy atom. The normalized spacial score (nSPS) is 28.0. The summed E-state index contributed by atoms with van der Waals surface area (Å²) < 4.78 is 0. The number of imidazole rings is 1. The molecule has 1 fully saturated rings. The van der Waals surface area contributed by atoms with Gasteiger partial charge < -0.3 is 10.3 Å². The molecule has 4 heteroatoms. The maximum Gasteiger partial charge on any atom is 0.166 e. The molecule has 0 radical (unpaired) electrons. The molecule has 3 rings (SSSR count). The summed E-state index contributed by atoms with van der Waals surface area (Å²) in [6.45, 7) is 2.34. The molecule has 0 spiro atoms. The van der Waals surface area contributed by atoms with E-state index in [9.17, 15) is 0 Å². The number of hydrogen-bond acceptors (Lipinski definition) is 3. The lowest BCUT2D eigenvalue weighted by Gasteiger charge is -2.18. The third kappa shape index (κ3) is 2.15. The first kappa shape index (κ1) is 12.1. The second-order valence-electron chi connectivity index (χ2n) is 5.05. The Morgan fingerprint density at radius 2 is 2.17 bits per heavy atom. The van der Waals surface area contributed by atoms with Crippen molar-refractivity contribution in [3.8, 4) is 0 Å². The van der Waals surface area contributed by atoms with Crippen molar-refractivity contribution in [3.05, 3.63) is 24.3 Å². The topological polar surface area (TPSA) is 40.7 Å². The van der Waals surface area contributed by atoms with E-state index in [1.54, 1.807) is 0 Å². The smallest absolute Gasteiger partial charge is 0.166 e. The van der Waals surface area contributed by atoms with E-state index in [1.807, 2.05) is 23.9 Å². The highest BCUT2D eigenvalue weighted by atomic mass is 32.2. The van der Waals surface area contributed by atoms with Crippen molar-refractivity contribution in [2.75, 3.05) is 7.05 Å². The van der Waals surface area contributed by atoms with E-state index in [-0.39, 0.29) is 0 Å². The molecule has 96 valence electrons. The molecule has 1 aliphatic rings. The van der Waals surface area contributed by atoms with Crippen LogP contribution in [0.2, 0.25) is 0 Å². The standard InChI is InChI=1S/C14H19N3S/c1-9-10(15-2)7-8-13(9)18-14-16-11-5-3-4-6-12(11)17-14/h3-6,9-10,13,15H,7-8H2,1-2H3,(H,16,17). The fourth-order valence-electron chi connectivity index (χ4n) is 2.83. The quantitative estimate of drug-likeness (QED) is 0.892. The Hall–Kier alpha value is -1.00. The number of aromatic nitrogens is 2. The predicted octanol–water partition coefficient (Wildman–Crippen LogP) is 3.04. The number of nitrogens with one attached hydrogen (secondary N) is 2. The largest absolute Gasteiger partial charge is 0.333 e. The van der Waals surface area contributed by atoms with Crippen LogP contribution in [-0.4, -0.2) is 28.3 Å². The summed E-state index contributed by atoms with van der Waals surface area (Å²) in [4.78, 5) is 8.06. The summed E-state index contributed by atoms with van der Waals surface area (Å²) in [5.74, 6) is 0.702. The number of H-pyrrole nitrogens is 1. The monoisotopic (exact) mass is 261 g/mol. The van der Waals surface area contributed by atoms with Crippen LogP contribution >= 0.6 is 11.8 Å². The summed E-state index contributed by atoms with van der Waals surface area (Å²) >= 11 is 1.90. The Bertz CT molecular complexity index is 504. The van der Waals surface area contributed by atoms with E-state index < -0.39 is 0 Å². The molecule has 0 amide bonds. The van der Waals surface area contributed by atoms with Gasteiger partial charge in [0, 0.05) is 11.3 Å². The highest BCUT2D eigenvalue weighted by Crippen LogP contribution is 2.38. The van der Waals surface area contributed by atoms with Gasteiger partial charge >= 0.3 is 0 Å². The van der Waals surface area contributed by atoms with Crippen molar-refractivity contribution < 1.29 is 0 Å². The Labute approximate surface area is 112 Å². The lowest BCUT2D eigenvalue weighted by atomic mass is 10.1. The Morgan fingerprint density at radius 3 is 2.89 bits per heavy atom. The number of fused-ring (bicyclic) bond motifs is 1. The van der Waals surface area contributed by atoms with Crippen molar-refractivity contribution >= 4 is 22.8 Å². The number of aromatic amines is 1. The lowest BCUT2D eigenvalue weighted by molar-refractivity contribution is 0.464. The molecule has 0 aliphatic heterocycles. The Balaban J connectivity index is 1.76. The van der Waals surface area contributed by atoms with Gasteiger partial charge in [0.1, 0.15) is 0 Å². The van der Waals surface area contributed by atoms with Crippen molar-refractivity contribution in [3.63, 3.8) is 0 Å². The molecule has 0 bridgehead atoms. The number of thioether (sulfide) groups is 1. The molecule has 1 aliphatic carbocycles. The van der Waals surface area contributed by atoms with E-state index in [0.717, 1.165) is 16.2 Å². The van der Waals surface area contributed by atoms with Crippen molar-refractivity contribution in [2.45, 2.75) is 36.2 Å². The van der Waals surface area contributed by atoms with Crippen LogP contribution in [-0.2, 0) is 0 Å². The highest BCUT2D eigenvalue weighted by Gasteiger charge is 2.32. The average molecular weight is 261 g/mol. The zero-order valence-corrected chi connectivity index (χ0v) is 11.6. The van der Waals surface area contributed by atoms with Crippen LogP contribution < -0.4 is 5.32 Å². The van der Waals surface area contributed by atoms with E-state index in [4.69, 9.17) is 0 Å². The highest BCUT2D eigenvalue weighted by molar-refractivity contribution is 7.99. The third-order valence-electron chi connectivity index (χ3n) is 3.98. The molecule has 2 aromatic rings. The number of rotatable bonds is 3. The maximum atomic E-state index is 4.65. The first-order valence-corrected chi connectivity index (χ1v) is 7.44. The van der Waals surface area contributed by atoms with Gasteiger partial charge in [0.15, 0.2) is 5.16 Å². The first-order valence-electron chi connectivity index (χ1n) is 6.56. The fourth-order valence-corrected chi connectivity index (χ4v) is 4.10. The second kappa shape index (κ2) is 4.94. The van der Waals surface area contributed by atoms with Crippen LogP contribution in [0, 0.1) is 5.92 Å². The van der Waals surface area contributed by atoms with Gasteiger partial charge in [-0.3, -0.25) is 0 Å². The fraction of sp³-hybridized carbons (Fsp3) is 0.500. The van der Waals surface area contributed by atoms with E-state index in [2.05, 4.69) is 41.4 Å². The summed E-state index contributed by atoms with van der Waals surface area (Å²) in [5.41, 5.74) is 2.20. The van der Waals surface area contributed by atoms with Crippen LogP contribution in [0.25, 0.3) is 11.0 Å². The summed E-state index contributed by atoms with van der Waals surface area (Å²) in [6.07, 6.45) is 2.55. The first-order chi connectivity index (χ1) is 8.78. The van der Waals surface area contributed by atoms with Gasteiger partial charge in [0.05, 0.1) is 11.0 Å². The van der Waals surface area contributed by atoms with Gasteiger partial charge in [0.25, 0.3) is 0 Å². The van der Waals surface area contributed by atoms with Crippen molar-refractivity contribution in [2.24, 2.45) is 5.92 Å². The predicted molar refractivity (Wildman–Crippen MR) is 77.0 cm³/mol. The SMILES string of the molecule is CNC1CCC(Sc2nc3ccccc3[nH]2)C1C. The number of hydrogen-bond donors (Lipinski definition) is 2. The lowest BCUT2D eigenvalue weighted by Crippen LogP contribution is -2.30. The molecule has 1 saturated carbocycles. The molecule has 3 unspecified atom stereocenters. The molecule has 1 heterocycles. The Kier molecular flexibility index (Phi) is 3.31. The van der Waals surface area contributed by atoms with Gasteiger partial charge in [0.2, 0.25) is 0 Å². The van der Waals surface area contributed by atoms with Crippen LogP contribution in [0.3, 0.4) is 0 Å². The average Bonchev–Trinajstić information content (AvgIpc) is 2.94. The molecule has 18 heavy (non-hydrogen) atoms. The molecule has 3 atom stereocenters. The zero-order chi connectivity index (χ0) is 12.5.